The van der Waals surface area contributed by atoms with Gasteiger partial charge in [0.25, 0.3) is 0 Å². The van der Waals surface area contributed by atoms with Gasteiger partial charge in [-0.15, -0.1) is 13.2 Å². The van der Waals surface area contributed by atoms with Crippen LogP contribution in [0.15, 0.2) is 30.3 Å². The molecule has 0 aromatic heterocycles. The monoisotopic (exact) mass is 409 g/mol. The van der Waals surface area contributed by atoms with E-state index in [2.05, 4.69) is 28.8 Å². The Kier molecular flexibility index (Phi) is 8.31. The van der Waals surface area contributed by atoms with E-state index in [4.69, 9.17) is 20.3 Å². The van der Waals surface area contributed by atoms with Crippen molar-refractivity contribution in [2.45, 2.75) is 12.2 Å². The number of carbonyl (C=O) groups is 3. The third kappa shape index (κ3) is 5.40. The largest absolute Gasteiger partial charge is 0.394 e. The summed E-state index contributed by atoms with van der Waals surface area (Å²) in [6.07, 6.45) is 1.96. The van der Waals surface area contributed by atoms with Crippen LogP contribution in [0.25, 0.3) is 0 Å². The summed E-state index contributed by atoms with van der Waals surface area (Å²) in [4.78, 5) is 42.0. The number of aliphatic imine (C=N–C) groups is 1. The number of rotatable bonds is 10. The molecule has 0 aliphatic carbocycles. The van der Waals surface area contributed by atoms with E-state index in [0.717, 1.165) is 4.90 Å². The highest BCUT2D eigenvalue weighted by molar-refractivity contribution is 6.06. The molecule has 29 heavy (non-hydrogen) atoms. The number of urea groups is 1. The van der Waals surface area contributed by atoms with Gasteiger partial charge in [-0.05, 0) is 0 Å². The van der Waals surface area contributed by atoms with E-state index in [1.165, 1.54) is 12.2 Å². The molecular formula is C18H27N5O6. The van der Waals surface area contributed by atoms with Crippen LogP contribution in [-0.4, -0.2) is 85.5 Å². The Labute approximate surface area is 168 Å². The summed E-state index contributed by atoms with van der Waals surface area (Å²) in [6, 6.07) is -0.568. The van der Waals surface area contributed by atoms with Crippen LogP contribution < -0.4 is 16.4 Å². The molecule has 2 aliphatic rings. The summed E-state index contributed by atoms with van der Waals surface area (Å²) in [6.45, 7) is 7.98. The molecule has 5 N–H and O–H groups in total. The second-order valence-corrected chi connectivity index (χ2v) is 6.40. The van der Waals surface area contributed by atoms with Gasteiger partial charge in [-0.2, -0.15) is 0 Å². The number of ether oxygens (including phenoxy) is 2. The Hall–Kier alpha value is -2.76. The number of amides is 4. The van der Waals surface area contributed by atoms with Crippen LogP contribution in [-0.2, 0) is 19.1 Å². The van der Waals surface area contributed by atoms with Gasteiger partial charge in [0.1, 0.15) is 0 Å². The van der Waals surface area contributed by atoms with Crippen LogP contribution >= 0.6 is 0 Å². The number of imide groups is 1. The minimum atomic E-state index is -0.610. The zero-order valence-corrected chi connectivity index (χ0v) is 16.1. The van der Waals surface area contributed by atoms with E-state index < -0.39 is 30.1 Å². The van der Waals surface area contributed by atoms with Crippen molar-refractivity contribution in [3.8, 4) is 0 Å². The zero-order chi connectivity index (χ0) is 21.4. The van der Waals surface area contributed by atoms with Gasteiger partial charge in [-0.3, -0.25) is 24.8 Å². The van der Waals surface area contributed by atoms with Crippen LogP contribution in [0.4, 0.5) is 4.79 Å². The SMILES string of the molecule is C=CC1OC(C=C)C2C(=O)N(CCN=C(N)NC(=O)NCCOCCO)C(=O)C12. The summed E-state index contributed by atoms with van der Waals surface area (Å²) in [5, 5.41) is 13.4. The Morgan fingerprint density at radius 3 is 2.41 bits per heavy atom. The van der Waals surface area contributed by atoms with E-state index in [1.54, 1.807) is 0 Å². The fourth-order valence-corrected chi connectivity index (χ4v) is 3.31. The first-order valence-corrected chi connectivity index (χ1v) is 9.23. The third-order valence-electron chi connectivity index (χ3n) is 4.59. The molecule has 2 heterocycles. The van der Waals surface area contributed by atoms with Crippen molar-refractivity contribution in [2.24, 2.45) is 22.6 Å². The number of likely N-dealkylation sites (tertiary alicyclic amines) is 1. The van der Waals surface area contributed by atoms with Gasteiger partial charge in [0, 0.05) is 13.1 Å². The highest BCUT2D eigenvalue weighted by Crippen LogP contribution is 2.41. The molecule has 0 aromatic rings. The smallest absolute Gasteiger partial charge is 0.321 e. The van der Waals surface area contributed by atoms with Crippen LogP contribution in [0.1, 0.15) is 0 Å². The number of hydrogen-bond donors (Lipinski definition) is 4. The first kappa shape index (κ1) is 22.5. The number of fused-ring (bicyclic) bond motifs is 1. The third-order valence-corrected chi connectivity index (χ3v) is 4.59. The Balaban J connectivity index is 1.81. The Morgan fingerprint density at radius 1 is 1.24 bits per heavy atom. The topological polar surface area (TPSA) is 156 Å². The average Bonchev–Trinajstić information content (AvgIpc) is 3.19. The summed E-state index contributed by atoms with van der Waals surface area (Å²) in [7, 11) is 0. The molecular weight excluding hydrogens is 382 g/mol. The van der Waals surface area contributed by atoms with E-state index in [9.17, 15) is 14.4 Å². The van der Waals surface area contributed by atoms with Crippen molar-refractivity contribution in [1.29, 1.82) is 0 Å². The van der Waals surface area contributed by atoms with Gasteiger partial charge in [-0.1, -0.05) is 12.2 Å². The number of aliphatic hydroxyl groups excluding tert-OH is 1. The lowest BCUT2D eigenvalue weighted by Crippen LogP contribution is -2.44. The predicted molar refractivity (Wildman–Crippen MR) is 104 cm³/mol. The number of nitrogens with zero attached hydrogens (tertiary/aromatic N) is 2. The fraction of sp³-hybridized carbons (Fsp3) is 0.556. The maximum atomic E-state index is 12.6. The van der Waals surface area contributed by atoms with Gasteiger partial charge >= 0.3 is 6.03 Å². The van der Waals surface area contributed by atoms with Crippen molar-refractivity contribution < 1.29 is 29.0 Å². The highest BCUT2D eigenvalue weighted by atomic mass is 16.5. The molecule has 4 unspecified atom stereocenters. The summed E-state index contributed by atoms with van der Waals surface area (Å²) < 4.78 is 10.6. The van der Waals surface area contributed by atoms with Gasteiger partial charge < -0.3 is 25.6 Å². The number of nitrogens with two attached hydrogens (primary N) is 1. The lowest BCUT2D eigenvalue weighted by molar-refractivity contribution is -0.142. The number of hydrogen-bond acceptors (Lipinski definition) is 7. The minimum absolute atomic E-state index is 0.0391. The summed E-state index contributed by atoms with van der Waals surface area (Å²) >= 11 is 0. The molecule has 0 aromatic carbocycles. The van der Waals surface area contributed by atoms with Crippen molar-refractivity contribution >= 4 is 23.8 Å². The second kappa shape index (κ2) is 10.7. The lowest BCUT2D eigenvalue weighted by atomic mass is 9.89. The summed E-state index contributed by atoms with van der Waals surface area (Å²) in [5.74, 6) is -2.04. The highest BCUT2D eigenvalue weighted by Gasteiger charge is 2.58. The number of guanidine groups is 1. The van der Waals surface area contributed by atoms with Crippen LogP contribution in [0.5, 0.6) is 0 Å². The lowest BCUT2D eigenvalue weighted by Gasteiger charge is -2.18. The zero-order valence-electron chi connectivity index (χ0n) is 16.1. The molecule has 4 atom stereocenters. The van der Waals surface area contributed by atoms with Crippen LogP contribution in [0, 0.1) is 11.8 Å². The van der Waals surface area contributed by atoms with Crippen LogP contribution in [0.2, 0.25) is 0 Å². The second-order valence-electron chi connectivity index (χ2n) is 6.40. The van der Waals surface area contributed by atoms with Crippen molar-refractivity contribution in [1.82, 2.24) is 15.5 Å². The standard InChI is InChI=1S/C18H27N5O6/c1-3-11-13-14(12(4-2)29-11)16(26)23(15(13)25)7-5-20-17(19)22-18(27)21-6-9-28-10-8-24/h3-4,11-14,24H,1-2,5-10H2,(H4,19,20,21,22,27). The number of nitrogens with one attached hydrogen (secondary N) is 2. The maximum absolute atomic E-state index is 12.6. The van der Waals surface area contributed by atoms with Gasteiger partial charge in [0.2, 0.25) is 11.8 Å². The first-order valence-electron chi connectivity index (χ1n) is 9.23. The van der Waals surface area contributed by atoms with Crippen molar-refractivity contribution in [2.75, 3.05) is 39.5 Å². The molecule has 0 bridgehead atoms. The summed E-state index contributed by atoms with van der Waals surface area (Å²) in [5.41, 5.74) is 5.64. The molecule has 2 aliphatic heterocycles. The Bertz CT molecular complexity index is 650. The molecule has 0 spiro atoms. The first-order chi connectivity index (χ1) is 13.9. The van der Waals surface area contributed by atoms with Gasteiger partial charge in [0.15, 0.2) is 5.96 Å². The van der Waals surface area contributed by atoms with Gasteiger partial charge in [0.05, 0.1) is 50.4 Å². The van der Waals surface area contributed by atoms with Crippen molar-refractivity contribution in [3.63, 3.8) is 0 Å². The number of aliphatic hydroxyl groups is 1. The molecule has 160 valence electrons. The van der Waals surface area contributed by atoms with Gasteiger partial charge in [-0.25, -0.2) is 4.79 Å². The molecule has 4 amide bonds. The molecule has 11 nitrogen and oxygen atoms in total. The maximum Gasteiger partial charge on any atom is 0.321 e. The van der Waals surface area contributed by atoms with E-state index >= 15 is 0 Å². The minimum Gasteiger partial charge on any atom is -0.394 e. The molecule has 2 rings (SSSR count). The normalized spacial score (nSPS) is 26.4. The number of carbonyl (C=O) groups excluding carboxylic acids is 3. The molecule has 2 saturated heterocycles. The molecule has 2 fully saturated rings. The Morgan fingerprint density at radius 2 is 1.86 bits per heavy atom. The quantitative estimate of drug-likeness (QED) is 0.111. The van der Waals surface area contributed by atoms with Crippen molar-refractivity contribution in [3.05, 3.63) is 25.3 Å². The predicted octanol–water partition coefficient (Wildman–Crippen LogP) is -1.65. The van der Waals surface area contributed by atoms with E-state index in [0.29, 0.717) is 0 Å². The molecule has 0 saturated carbocycles. The van der Waals surface area contributed by atoms with E-state index in [1.807, 2.05) is 0 Å². The van der Waals surface area contributed by atoms with Crippen LogP contribution in [0.3, 0.4) is 0 Å². The average molecular weight is 409 g/mol. The fourth-order valence-electron chi connectivity index (χ4n) is 3.31. The van der Waals surface area contributed by atoms with E-state index in [-0.39, 0.29) is 57.2 Å². The molecule has 11 heteroatoms. The molecule has 0 radical (unpaired) electrons.